The number of aryl methyl sites for hydroxylation is 4. The Kier molecular flexibility index (Phi) is 4.55. The molecule has 0 saturated heterocycles. The second-order valence-electron chi connectivity index (χ2n) is 4.97. The predicted molar refractivity (Wildman–Crippen MR) is 82.5 cm³/mol. The zero-order valence-corrected chi connectivity index (χ0v) is 13.0. The highest BCUT2D eigenvalue weighted by molar-refractivity contribution is 7.99. The van der Waals surface area contributed by atoms with Crippen LogP contribution in [0.4, 0.5) is 0 Å². The van der Waals surface area contributed by atoms with Gasteiger partial charge in [-0.25, -0.2) is 9.97 Å². The molecule has 0 bridgehead atoms. The Bertz CT molecular complexity index is 630. The lowest BCUT2D eigenvalue weighted by molar-refractivity contribution is 0.102. The first-order valence-electron chi connectivity index (χ1n) is 6.51. The zero-order chi connectivity index (χ0) is 14.7. The number of carbonyl (C=O) groups is 1. The van der Waals surface area contributed by atoms with Gasteiger partial charge >= 0.3 is 0 Å². The number of carbonyl (C=O) groups excluding carboxylic acids is 1. The molecule has 1 aromatic carbocycles. The molecule has 1 aromatic heterocycles. The third-order valence-corrected chi connectivity index (χ3v) is 3.92. The van der Waals surface area contributed by atoms with Gasteiger partial charge < -0.3 is 0 Å². The third-order valence-electron chi connectivity index (χ3n) is 3.06. The molecule has 4 heteroatoms. The number of hydrogen-bond donors (Lipinski definition) is 0. The average Bonchev–Trinajstić information content (AvgIpc) is 2.35. The van der Waals surface area contributed by atoms with E-state index in [9.17, 15) is 4.79 Å². The summed E-state index contributed by atoms with van der Waals surface area (Å²) in [4.78, 5) is 20.8. The fourth-order valence-corrected chi connectivity index (χ4v) is 3.07. The zero-order valence-electron chi connectivity index (χ0n) is 12.2. The Morgan fingerprint density at radius 1 is 1.15 bits per heavy atom. The van der Waals surface area contributed by atoms with Crippen LogP contribution in [0, 0.1) is 27.7 Å². The molecular formula is C16H18N2OS. The minimum absolute atomic E-state index is 0.134. The molecule has 2 rings (SSSR count). The second kappa shape index (κ2) is 6.18. The van der Waals surface area contributed by atoms with E-state index in [1.165, 1.54) is 17.3 Å². The van der Waals surface area contributed by atoms with Crippen molar-refractivity contribution in [2.45, 2.75) is 32.9 Å². The van der Waals surface area contributed by atoms with Crippen LogP contribution in [-0.4, -0.2) is 21.5 Å². The minimum atomic E-state index is 0.134. The van der Waals surface area contributed by atoms with E-state index in [0.717, 1.165) is 22.4 Å². The van der Waals surface area contributed by atoms with Gasteiger partial charge in [0.2, 0.25) is 0 Å². The van der Waals surface area contributed by atoms with Gasteiger partial charge in [-0.15, -0.1) is 0 Å². The summed E-state index contributed by atoms with van der Waals surface area (Å²) in [6.45, 7) is 7.94. The number of nitrogens with zero attached hydrogens (tertiary/aromatic N) is 2. The Labute approximate surface area is 123 Å². The number of rotatable bonds is 4. The Hall–Kier alpha value is -1.68. The van der Waals surface area contributed by atoms with E-state index >= 15 is 0 Å². The predicted octanol–water partition coefficient (Wildman–Crippen LogP) is 3.69. The first-order chi connectivity index (χ1) is 9.47. The highest BCUT2D eigenvalue weighted by Gasteiger charge is 2.13. The fraction of sp³-hybridized carbons (Fsp3) is 0.312. The molecule has 0 radical (unpaired) electrons. The van der Waals surface area contributed by atoms with Gasteiger partial charge in [0.25, 0.3) is 0 Å². The van der Waals surface area contributed by atoms with Gasteiger partial charge in [-0.1, -0.05) is 29.5 Å². The van der Waals surface area contributed by atoms with Gasteiger partial charge in [0.15, 0.2) is 10.9 Å². The number of Topliss-reactive ketones (excluding diaryl/α,β-unsaturated/α-hetero) is 1. The van der Waals surface area contributed by atoms with Crippen LogP contribution in [-0.2, 0) is 0 Å². The number of benzene rings is 1. The summed E-state index contributed by atoms with van der Waals surface area (Å²) >= 11 is 1.39. The van der Waals surface area contributed by atoms with Crippen LogP contribution >= 0.6 is 11.8 Å². The van der Waals surface area contributed by atoms with E-state index in [2.05, 4.69) is 9.97 Å². The lowest BCUT2D eigenvalue weighted by Gasteiger charge is -2.10. The van der Waals surface area contributed by atoms with E-state index in [4.69, 9.17) is 0 Å². The van der Waals surface area contributed by atoms with Crippen molar-refractivity contribution in [2.75, 3.05) is 5.75 Å². The molecule has 3 nitrogen and oxygen atoms in total. The molecule has 0 atom stereocenters. The van der Waals surface area contributed by atoms with Crippen LogP contribution in [0.25, 0.3) is 0 Å². The van der Waals surface area contributed by atoms with Gasteiger partial charge in [0, 0.05) is 17.5 Å². The van der Waals surface area contributed by atoms with E-state index < -0.39 is 0 Å². The van der Waals surface area contributed by atoms with Crippen LogP contribution in [0.1, 0.15) is 32.7 Å². The highest BCUT2D eigenvalue weighted by Crippen LogP contribution is 2.20. The standard InChI is InChI=1S/C16H18N2OS/c1-10-7-11(2)15(12(3)8-10)14(19)9-20-16-17-6-5-13(4)18-16/h5-8H,9H2,1-4H3. The molecule has 0 aliphatic heterocycles. The summed E-state index contributed by atoms with van der Waals surface area (Å²) in [6.07, 6.45) is 1.72. The summed E-state index contributed by atoms with van der Waals surface area (Å²) in [5, 5.41) is 0.653. The molecule has 20 heavy (non-hydrogen) atoms. The monoisotopic (exact) mass is 286 g/mol. The summed E-state index contributed by atoms with van der Waals surface area (Å²) in [7, 11) is 0. The number of thioether (sulfide) groups is 1. The molecule has 0 aliphatic rings. The first-order valence-corrected chi connectivity index (χ1v) is 7.49. The summed E-state index contributed by atoms with van der Waals surface area (Å²) in [5.74, 6) is 0.504. The van der Waals surface area contributed by atoms with Crippen molar-refractivity contribution in [2.24, 2.45) is 0 Å². The fourth-order valence-electron chi connectivity index (χ4n) is 2.32. The minimum Gasteiger partial charge on any atom is -0.293 e. The van der Waals surface area contributed by atoms with Crippen molar-refractivity contribution in [3.05, 3.63) is 52.3 Å². The van der Waals surface area contributed by atoms with Gasteiger partial charge in [-0.05, 0) is 44.9 Å². The van der Waals surface area contributed by atoms with Crippen molar-refractivity contribution >= 4 is 17.5 Å². The van der Waals surface area contributed by atoms with Gasteiger partial charge in [0.1, 0.15) is 0 Å². The van der Waals surface area contributed by atoms with Gasteiger partial charge in [0.05, 0.1) is 5.75 Å². The summed E-state index contributed by atoms with van der Waals surface area (Å²) in [5.41, 5.74) is 5.01. The van der Waals surface area contributed by atoms with Crippen LogP contribution in [0.5, 0.6) is 0 Å². The number of aromatic nitrogens is 2. The molecule has 1 heterocycles. The molecule has 2 aromatic rings. The van der Waals surface area contributed by atoms with Crippen molar-refractivity contribution in [3.63, 3.8) is 0 Å². The Morgan fingerprint density at radius 3 is 2.40 bits per heavy atom. The van der Waals surface area contributed by atoms with E-state index in [-0.39, 0.29) is 5.78 Å². The molecule has 0 fully saturated rings. The van der Waals surface area contributed by atoms with E-state index in [1.54, 1.807) is 6.20 Å². The largest absolute Gasteiger partial charge is 0.293 e. The number of hydrogen-bond acceptors (Lipinski definition) is 4. The maximum atomic E-state index is 12.4. The van der Waals surface area contributed by atoms with Gasteiger partial charge in [-0.2, -0.15) is 0 Å². The van der Waals surface area contributed by atoms with Crippen LogP contribution in [0.2, 0.25) is 0 Å². The maximum absolute atomic E-state index is 12.4. The normalized spacial score (nSPS) is 10.6. The molecule has 0 N–H and O–H groups in total. The summed E-state index contributed by atoms with van der Waals surface area (Å²) < 4.78 is 0. The molecular weight excluding hydrogens is 268 g/mol. The highest BCUT2D eigenvalue weighted by atomic mass is 32.2. The van der Waals surface area contributed by atoms with Crippen LogP contribution in [0.15, 0.2) is 29.6 Å². The van der Waals surface area contributed by atoms with Crippen molar-refractivity contribution in [3.8, 4) is 0 Å². The molecule has 0 unspecified atom stereocenters. The Morgan fingerprint density at radius 2 is 1.80 bits per heavy atom. The molecule has 0 saturated carbocycles. The Balaban J connectivity index is 2.13. The van der Waals surface area contributed by atoms with Crippen LogP contribution < -0.4 is 0 Å². The molecule has 0 spiro atoms. The smallest absolute Gasteiger partial charge is 0.188 e. The molecule has 0 amide bonds. The second-order valence-corrected chi connectivity index (χ2v) is 5.91. The molecule has 0 aliphatic carbocycles. The number of ketones is 1. The lowest BCUT2D eigenvalue weighted by Crippen LogP contribution is -2.08. The van der Waals surface area contributed by atoms with E-state index in [1.807, 2.05) is 45.9 Å². The van der Waals surface area contributed by atoms with Crippen LogP contribution in [0.3, 0.4) is 0 Å². The van der Waals surface area contributed by atoms with Crippen molar-refractivity contribution in [1.82, 2.24) is 9.97 Å². The molecule has 104 valence electrons. The summed E-state index contributed by atoms with van der Waals surface area (Å²) in [6, 6.07) is 5.95. The van der Waals surface area contributed by atoms with E-state index in [0.29, 0.717) is 10.9 Å². The maximum Gasteiger partial charge on any atom is 0.188 e. The lowest BCUT2D eigenvalue weighted by atomic mass is 9.97. The van der Waals surface area contributed by atoms with Crippen molar-refractivity contribution < 1.29 is 4.79 Å². The average molecular weight is 286 g/mol. The SMILES string of the molecule is Cc1cc(C)c(C(=O)CSc2nccc(C)n2)c(C)c1. The topological polar surface area (TPSA) is 42.9 Å². The quantitative estimate of drug-likeness (QED) is 0.488. The van der Waals surface area contributed by atoms with Gasteiger partial charge in [-0.3, -0.25) is 4.79 Å². The first kappa shape index (κ1) is 14.7. The third kappa shape index (κ3) is 3.45. The van der Waals surface area contributed by atoms with Crippen molar-refractivity contribution in [1.29, 1.82) is 0 Å².